The molecule has 1 aromatic heterocycles. The van der Waals surface area contributed by atoms with Gasteiger partial charge in [-0.1, -0.05) is 24.6 Å². The van der Waals surface area contributed by atoms with Gasteiger partial charge in [-0.25, -0.2) is 14.0 Å². The van der Waals surface area contributed by atoms with Gasteiger partial charge < -0.3 is 4.90 Å². The van der Waals surface area contributed by atoms with Gasteiger partial charge >= 0.3 is 5.69 Å². The topological polar surface area (TPSA) is 60.1 Å². The molecule has 4 rings (SSSR count). The predicted octanol–water partition coefficient (Wildman–Crippen LogP) is 2.08. The Hall–Kier alpha value is -2.37. The molecule has 2 aliphatic rings. The van der Waals surface area contributed by atoms with Gasteiger partial charge in [0.25, 0.3) is 0 Å². The zero-order valence-corrected chi connectivity index (χ0v) is 14.6. The summed E-state index contributed by atoms with van der Waals surface area (Å²) in [5, 5.41) is 4.51. The summed E-state index contributed by atoms with van der Waals surface area (Å²) < 4.78 is 3.13. The number of aryl methyl sites for hydroxylation is 1. The molecule has 1 aromatic carbocycles. The highest BCUT2D eigenvalue weighted by Gasteiger charge is 2.33. The molecule has 0 spiro atoms. The quantitative estimate of drug-likeness (QED) is 0.859. The molecule has 1 saturated carbocycles. The van der Waals surface area contributed by atoms with Gasteiger partial charge in [0, 0.05) is 32.0 Å². The van der Waals surface area contributed by atoms with Crippen LogP contribution in [0, 0.1) is 5.92 Å². The molecule has 0 atom stereocenters. The Morgan fingerprint density at radius 2 is 1.76 bits per heavy atom. The maximum atomic E-state index is 12.5. The number of carbonyl (C=O) groups excluding carboxylic acids is 1. The minimum atomic E-state index is -0.117. The smallest absolute Gasteiger partial charge is 0.342 e. The zero-order chi connectivity index (χ0) is 17.4. The SMILES string of the molecule is Cn1nc(C2CCN(C(=O)C3CCC3)CC2)n(-c2ccccc2)c1=O. The van der Waals surface area contributed by atoms with Crippen LogP contribution in [0.5, 0.6) is 0 Å². The van der Waals surface area contributed by atoms with Crippen LogP contribution in [0.1, 0.15) is 43.8 Å². The van der Waals surface area contributed by atoms with Gasteiger partial charge in [-0.15, -0.1) is 0 Å². The number of carbonyl (C=O) groups is 1. The molecule has 0 bridgehead atoms. The van der Waals surface area contributed by atoms with Crippen molar-refractivity contribution in [1.82, 2.24) is 19.2 Å². The van der Waals surface area contributed by atoms with Gasteiger partial charge in [0.15, 0.2) is 0 Å². The van der Waals surface area contributed by atoms with E-state index >= 15 is 0 Å². The molecule has 0 N–H and O–H groups in total. The minimum absolute atomic E-state index is 0.117. The van der Waals surface area contributed by atoms with Gasteiger partial charge in [-0.05, 0) is 37.8 Å². The second-order valence-corrected chi connectivity index (χ2v) is 7.16. The number of piperidine rings is 1. The number of amides is 1. The summed E-state index contributed by atoms with van der Waals surface area (Å²) in [5.41, 5.74) is 0.734. The van der Waals surface area contributed by atoms with Crippen molar-refractivity contribution in [2.24, 2.45) is 13.0 Å². The average Bonchev–Trinajstić information content (AvgIpc) is 2.89. The van der Waals surface area contributed by atoms with Crippen LogP contribution >= 0.6 is 0 Å². The number of likely N-dealkylation sites (tertiary alicyclic amines) is 1. The molecule has 2 aromatic rings. The van der Waals surface area contributed by atoms with Crippen LogP contribution in [0.2, 0.25) is 0 Å². The molecule has 1 saturated heterocycles. The molecular weight excluding hydrogens is 316 g/mol. The highest BCUT2D eigenvalue weighted by molar-refractivity contribution is 5.79. The van der Waals surface area contributed by atoms with Gasteiger partial charge in [0.1, 0.15) is 5.82 Å². The lowest BCUT2D eigenvalue weighted by Gasteiger charge is -2.36. The van der Waals surface area contributed by atoms with E-state index in [4.69, 9.17) is 0 Å². The Morgan fingerprint density at radius 3 is 2.36 bits per heavy atom. The van der Waals surface area contributed by atoms with Gasteiger partial charge in [0.05, 0.1) is 5.69 Å². The molecule has 6 nitrogen and oxygen atoms in total. The average molecular weight is 340 g/mol. The first-order chi connectivity index (χ1) is 12.1. The molecule has 2 heterocycles. The van der Waals surface area contributed by atoms with E-state index in [-0.39, 0.29) is 17.5 Å². The molecule has 1 aliphatic carbocycles. The lowest BCUT2D eigenvalue weighted by molar-refractivity contribution is -0.139. The third kappa shape index (κ3) is 2.90. The monoisotopic (exact) mass is 340 g/mol. The highest BCUT2D eigenvalue weighted by Crippen LogP contribution is 2.32. The molecule has 0 unspecified atom stereocenters. The lowest BCUT2D eigenvalue weighted by atomic mass is 9.83. The van der Waals surface area contributed by atoms with E-state index < -0.39 is 0 Å². The predicted molar refractivity (Wildman–Crippen MR) is 94.7 cm³/mol. The molecule has 25 heavy (non-hydrogen) atoms. The summed E-state index contributed by atoms with van der Waals surface area (Å²) in [5.74, 6) is 1.61. The third-order valence-corrected chi connectivity index (χ3v) is 5.59. The number of para-hydroxylation sites is 1. The summed E-state index contributed by atoms with van der Waals surface area (Å²) in [4.78, 5) is 27.0. The molecule has 0 radical (unpaired) electrons. The van der Waals surface area contributed by atoms with E-state index in [9.17, 15) is 9.59 Å². The second-order valence-electron chi connectivity index (χ2n) is 7.16. The van der Waals surface area contributed by atoms with Crippen LogP contribution in [-0.2, 0) is 11.8 Å². The van der Waals surface area contributed by atoms with Crippen LogP contribution < -0.4 is 5.69 Å². The lowest BCUT2D eigenvalue weighted by Crippen LogP contribution is -2.43. The summed E-state index contributed by atoms with van der Waals surface area (Å²) in [7, 11) is 1.69. The number of aromatic nitrogens is 3. The van der Waals surface area contributed by atoms with E-state index in [1.165, 1.54) is 11.1 Å². The maximum absolute atomic E-state index is 12.5. The van der Waals surface area contributed by atoms with E-state index in [1.807, 2.05) is 35.2 Å². The highest BCUT2D eigenvalue weighted by atomic mass is 16.2. The number of rotatable bonds is 3. The van der Waals surface area contributed by atoms with E-state index in [2.05, 4.69) is 5.10 Å². The fraction of sp³-hybridized carbons (Fsp3) is 0.526. The Morgan fingerprint density at radius 1 is 1.08 bits per heavy atom. The van der Waals surface area contributed by atoms with Crippen molar-refractivity contribution in [3.63, 3.8) is 0 Å². The number of nitrogens with zero attached hydrogens (tertiary/aromatic N) is 4. The van der Waals surface area contributed by atoms with Crippen molar-refractivity contribution in [3.8, 4) is 5.69 Å². The second kappa shape index (κ2) is 6.50. The van der Waals surface area contributed by atoms with Crippen molar-refractivity contribution < 1.29 is 4.79 Å². The normalized spacial score (nSPS) is 19.0. The molecule has 1 amide bonds. The van der Waals surface area contributed by atoms with Gasteiger partial charge in [0.2, 0.25) is 5.91 Å². The largest absolute Gasteiger partial charge is 0.350 e. The number of benzene rings is 1. The van der Waals surface area contributed by atoms with Crippen LogP contribution in [0.15, 0.2) is 35.1 Å². The molecular formula is C19H24N4O2. The summed E-state index contributed by atoms with van der Waals surface area (Å²) in [6, 6.07) is 9.66. The molecule has 2 fully saturated rings. The van der Waals surface area contributed by atoms with Crippen LogP contribution in [0.4, 0.5) is 0 Å². The Kier molecular flexibility index (Phi) is 4.19. The summed E-state index contributed by atoms with van der Waals surface area (Å²) in [6.07, 6.45) is 5.01. The molecule has 6 heteroatoms. The summed E-state index contributed by atoms with van der Waals surface area (Å²) in [6.45, 7) is 1.53. The van der Waals surface area contributed by atoms with Crippen molar-refractivity contribution in [2.45, 2.75) is 38.0 Å². The van der Waals surface area contributed by atoms with Crippen molar-refractivity contribution in [1.29, 1.82) is 0 Å². The fourth-order valence-electron chi connectivity index (χ4n) is 3.84. The Balaban J connectivity index is 1.54. The maximum Gasteiger partial charge on any atom is 0.350 e. The third-order valence-electron chi connectivity index (χ3n) is 5.59. The van der Waals surface area contributed by atoms with Crippen LogP contribution in [0.3, 0.4) is 0 Å². The number of hydrogen-bond donors (Lipinski definition) is 0. The van der Waals surface area contributed by atoms with Crippen molar-refractivity contribution in [3.05, 3.63) is 46.6 Å². The fourth-order valence-corrected chi connectivity index (χ4v) is 3.84. The first-order valence-corrected chi connectivity index (χ1v) is 9.15. The molecule has 132 valence electrons. The zero-order valence-electron chi connectivity index (χ0n) is 14.6. The van der Waals surface area contributed by atoms with Crippen molar-refractivity contribution >= 4 is 5.91 Å². The number of hydrogen-bond acceptors (Lipinski definition) is 3. The molecule has 1 aliphatic heterocycles. The first kappa shape index (κ1) is 16.1. The van der Waals surface area contributed by atoms with Crippen LogP contribution in [-0.4, -0.2) is 38.2 Å². The van der Waals surface area contributed by atoms with Crippen molar-refractivity contribution in [2.75, 3.05) is 13.1 Å². The summed E-state index contributed by atoms with van der Waals surface area (Å²) >= 11 is 0. The van der Waals surface area contributed by atoms with E-state index in [0.29, 0.717) is 5.91 Å². The Bertz CT molecular complexity index is 812. The van der Waals surface area contributed by atoms with Gasteiger partial charge in [-0.3, -0.25) is 4.79 Å². The van der Waals surface area contributed by atoms with Crippen LogP contribution in [0.25, 0.3) is 5.69 Å². The first-order valence-electron chi connectivity index (χ1n) is 9.15. The standard InChI is InChI=1S/C19H24N4O2/c1-21-19(25)23(16-8-3-2-4-9-16)17(20-21)14-10-12-22(13-11-14)18(24)15-6-5-7-15/h2-4,8-9,14-15H,5-7,10-13H2,1H3. The minimum Gasteiger partial charge on any atom is -0.342 e. The van der Waals surface area contributed by atoms with Gasteiger partial charge in [-0.2, -0.15) is 5.10 Å². The Labute approximate surface area is 147 Å². The van der Waals surface area contributed by atoms with E-state index in [0.717, 1.165) is 50.3 Å². The van der Waals surface area contributed by atoms with E-state index in [1.54, 1.807) is 11.6 Å².